The second kappa shape index (κ2) is 5.71. The Labute approximate surface area is 98.9 Å². The van der Waals surface area contributed by atoms with Crippen LogP contribution in [0.3, 0.4) is 0 Å². The van der Waals surface area contributed by atoms with Crippen molar-refractivity contribution in [3.8, 4) is 0 Å². The molecule has 6 heteroatoms. The summed E-state index contributed by atoms with van der Waals surface area (Å²) in [6.07, 6.45) is -3.09. The van der Waals surface area contributed by atoms with Gasteiger partial charge in [0.25, 0.3) is 0 Å². The molecule has 17 heavy (non-hydrogen) atoms. The van der Waals surface area contributed by atoms with Crippen LogP contribution in [0, 0.1) is 11.8 Å². The van der Waals surface area contributed by atoms with Gasteiger partial charge in [0, 0.05) is 18.5 Å². The van der Waals surface area contributed by atoms with Crippen LogP contribution >= 0.6 is 0 Å². The SMILES string of the molecule is CC1CC(C(=O)NCCC(F)(F)F)CCC1N. The van der Waals surface area contributed by atoms with Crippen LogP contribution in [-0.2, 0) is 4.79 Å². The Bertz CT molecular complexity index is 268. The summed E-state index contributed by atoms with van der Waals surface area (Å²) in [6.45, 7) is 1.64. The van der Waals surface area contributed by atoms with E-state index in [1.165, 1.54) is 0 Å². The van der Waals surface area contributed by atoms with Crippen molar-refractivity contribution in [1.29, 1.82) is 0 Å². The van der Waals surface area contributed by atoms with Crippen molar-refractivity contribution in [2.24, 2.45) is 17.6 Å². The molecule has 0 bridgehead atoms. The minimum absolute atomic E-state index is 0.106. The molecule has 3 nitrogen and oxygen atoms in total. The molecule has 0 aromatic rings. The van der Waals surface area contributed by atoms with Gasteiger partial charge < -0.3 is 11.1 Å². The van der Waals surface area contributed by atoms with Crippen molar-refractivity contribution in [1.82, 2.24) is 5.32 Å². The molecule has 100 valence electrons. The summed E-state index contributed by atoms with van der Waals surface area (Å²) < 4.78 is 35.7. The highest BCUT2D eigenvalue weighted by Gasteiger charge is 2.31. The summed E-state index contributed by atoms with van der Waals surface area (Å²) in [6, 6.07) is 0.106. The average Bonchev–Trinajstić information content (AvgIpc) is 2.20. The van der Waals surface area contributed by atoms with Crippen LogP contribution in [0.1, 0.15) is 32.6 Å². The molecule has 3 unspecified atom stereocenters. The fourth-order valence-corrected chi connectivity index (χ4v) is 2.13. The van der Waals surface area contributed by atoms with Crippen LogP contribution in [0.2, 0.25) is 0 Å². The fraction of sp³-hybridized carbons (Fsp3) is 0.909. The molecule has 0 spiro atoms. The quantitative estimate of drug-likeness (QED) is 0.805. The number of alkyl halides is 3. The van der Waals surface area contributed by atoms with Gasteiger partial charge in [-0.25, -0.2) is 0 Å². The summed E-state index contributed by atoms with van der Waals surface area (Å²) in [5.41, 5.74) is 5.82. The molecule has 0 radical (unpaired) electrons. The van der Waals surface area contributed by atoms with E-state index in [0.717, 1.165) is 6.42 Å². The molecule has 3 atom stereocenters. The number of hydrogen-bond acceptors (Lipinski definition) is 2. The Morgan fingerprint density at radius 1 is 1.41 bits per heavy atom. The van der Waals surface area contributed by atoms with E-state index in [9.17, 15) is 18.0 Å². The molecule has 0 heterocycles. The molecule has 0 saturated heterocycles. The maximum absolute atomic E-state index is 11.9. The van der Waals surface area contributed by atoms with Gasteiger partial charge >= 0.3 is 6.18 Å². The first-order chi connectivity index (χ1) is 7.79. The van der Waals surface area contributed by atoms with Crippen LogP contribution in [0.5, 0.6) is 0 Å². The molecule has 0 aromatic carbocycles. The van der Waals surface area contributed by atoms with E-state index in [4.69, 9.17) is 5.73 Å². The first-order valence-corrected chi connectivity index (χ1v) is 5.89. The first-order valence-electron chi connectivity index (χ1n) is 5.89. The van der Waals surface area contributed by atoms with E-state index in [1.54, 1.807) is 0 Å². The largest absolute Gasteiger partial charge is 0.390 e. The van der Waals surface area contributed by atoms with Gasteiger partial charge in [0.2, 0.25) is 5.91 Å². The Morgan fingerprint density at radius 3 is 2.59 bits per heavy atom. The smallest absolute Gasteiger partial charge is 0.356 e. The summed E-state index contributed by atoms with van der Waals surface area (Å²) >= 11 is 0. The van der Waals surface area contributed by atoms with Gasteiger partial charge in [-0.15, -0.1) is 0 Å². The molecule has 3 N–H and O–H groups in total. The third kappa shape index (κ3) is 4.93. The maximum atomic E-state index is 11.9. The Balaban J connectivity index is 2.29. The number of amides is 1. The number of rotatable bonds is 3. The first kappa shape index (κ1) is 14.3. The number of nitrogens with two attached hydrogens (primary N) is 1. The topological polar surface area (TPSA) is 55.1 Å². The van der Waals surface area contributed by atoms with Crippen molar-refractivity contribution in [3.05, 3.63) is 0 Å². The number of carbonyl (C=O) groups is 1. The lowest BCUT2D eigenvalue weighted by molar-refractivity contribution is -0.137. The minimum Gasteiger partial charge on any atom is -0.356 e. The molecule has 0 aromatic heterocycles. The van der Waals surface area contributed by atoms with Gasteiger partial charge in [-0.2, -0.15) is 13.2 Å². The van der Waals surface area contributed by atoms with E-state index >= 15 is 0 Å². The van der Waals surface area contributed by atoms with Gasteiger partial charge in [-0.3, -0.25) is 4.79 Å². The standard InChI is InChI=1S/C11H19F3N2O/c1-7-6-8(2-3-9(7)15)10(17)16-5-4-11(12,13)14/h7-9H,2-6,15H2,1H3,(H,16,17). The number of hydrogen-bond donors (Lipinski definition) is 2. The lowest BCUT2D eigenvalue weighted by Crippen LogP contribution is -2.41. The summed E-state index contributed by atoms with van der Waals surface area (Å²) in [5, 5.41) is 2.34. The molecule has 1 amide bonds. The van der Waals surface area contributed by atoms with Crippen LogP contribution in [0.25, 0.3) is 0 Å². The fourth-order valence-electron chi connectivity index (χ4n) is 2.13. The summed E-state index contributed by atoms with van der Waals surface area (Å²) in [5.74, 6) is -0.201. The minimum atomic E-state index is -4.21. The second-order valence-electron chi connectivity index (χ2n) is 4.81. The van der Waals surface area contributed by atoms with Gasteiger partial charge in [-0.05, 0) is 25.2 Å². The van der Waals surface area contributed by atoms with Gasteiger partial charge in [0.05, 0.1) is 6.42 Å². The van der Waals surface area contributed by atoms with E-state index in [0.29, 0.717) is 12.8 Å². The predicted octanol–water partition coefficient (Wildman–Crippen LogP) is 1.82. The van der Waals surface area contributed by atoms with E-state index in [2.05, 4.69) is 5.32 Å². The molecule has 1 saturated carbocycles. The zero-order valence-electron chi connectivity index (χ0n) is 9.89. The molecule has 1 aliphatic rings. The molecule has 1 aliphatic carbocycles. The highest BCUT2D eigenvalue weighted by molar-refractivity contribution is 5.78. The van der Waals surface area contributed by atoms with Crippen LogP contribution in [0.4, 0.5) is 13.2 Å². The monoisotopic (exact) mass is 252 g/mol. The van der Waals surface area contributed by atoms with Crippen molar-refractivity contribution in [2.45, 2.75) is 44.8 Å². The summed E-state index contributed by atoms with van der Waals surface area (Å²) in [4.78, 5) is 11.6. The van der Waals surface area contributed by atoms with Crippen LogP contribution in [0.15, 0.2) is 0 Å². The average molecular weight is 252 g/mol. The van der Waals surface area contributed by atoms with Crippen LogP contribution in [-0.4, -0.2) is 24.7 Å². The third-order valence-electron chi connectivity index (χ3n) is 3.31. The molecular formula is C11H19F3N2O. The van der Waals surface area contributed by atoms with E-state index in [-0.39, 0.29) is 30.3 Å². The van der Waals surface area contributed by atoms with Crippen molar-refractivity contribution >= 4 is 5.91 Å². The highest BCUT2D eigenvalue weighted by Crippen LogP contribution is 2.28. The van der Waals surface area contributed by atoms with Gasteiger partial charge in [0.15, 0.2) is 0 Å². The second-order valence-corrected chi connectivity index (χ2v) is 4.81. The lowest BCUT2D eigenvalue weighted by atomic mass is 9.79. The molecule has 1 rings (SSSR count). The Hall–Kier alpha value is -0.780. The van der Waals surface area contributed by atoms with Crippen LogP contribution < -0.4 is 11.1 Å². The number of carbonyl (C=O) groups excluding carboxylic acids is 1. The van der Waals surface area contributed by atoms with Crippen molar-refractivity contribution in [2.75, 3.05) is 6.54 Å². The molecule has 1 fully saturated rings. The Kier molecular flexibility index (Phi) is 4.80. The predicted molar refractivity (Wildman–Crippen MR) is 58.2 cm³/mol. The maximum Gasteiger partial charge on any atom is 0.390 e. The normalized spacial score (nSPS) is 30.1. The summed E-state index contributed by atoms with van der Waals surface area (Å²) in [7, 11) is 0. The van der Waals surface area contributed by atoms with E-state index < -0.39 is 12.6 Å². The van der Waals surface area contributed by atoms with E-state index in [1.807, 2.05) is 6.92 Å². The van der Waals surface area contributed by atoms with Crippen molar-refractivity contribution in [3.63, 3.8) is 0 Å². The third-order valence-corrected chi connectivity index (χ3v) is 3.31. The van der Waals surface area contributed by atoms with Crippen molar-refractivity contribution < 1.29 is 18.0 Å². The molecular weight excluding hydrogens is 233 g/mol. The number of nitrogens with one attached hydrogen (secondary N) is 1. The number of halogens is 3. The lowest BCUT2D eigenvalue weighted by Gasteiger charge is -2.31. The zero-order chi connectivity index (χ0) is 13.1. The zero-order valence-corrected chi connectivity index (χ0v) is 9.89. The highest BCUT2D eigenvalue weighted by atomic mass is 19.4. The molecule has 0 aliphatic heterocycles. The Morgan fingerprint density at radius 2 is 2.06 bits per heavy atom. The van der Waals surface area contributed by atoms with Gasteiger partial charge in [-0.1, -0.05) is 6.92 Å². The van der Waals surface area contributed by atoms with Gasteiger partial charge in [0.1, 0.15) is 0 Å².